The Labute approximate surface area is 126 Å². The fourth-order valence-corrected chi connectivity index (χ4v) is 3.57. The lowest BCUT2D eigenvalue weighted by Crippen LogP contribution is -2.50. The predicted octanol–water partition coefficient (Wildman–Crippen LogP) is 1.74. The average Bonchev–Trinajstić information content (AvgIpc) is 2.83. The van der Waals surface area contributed by atoms with Crippen molar-refractivity contribution in [1.29, 1.82) is 0 Å². The van der Waals surface area contributed by atoms with E-state index in [1.807, 2.05) is 17.4 Å². The summed E-state index contributed by atoms with van der Waals surface area (Å²) in [5, 5.41) is 0. The van der Waals surface area contributed by atoms with Gasteiger partial charge in [-0.1, -0.05) is 6.92 Å². The molecule has 0 unspecified atom stereocenters. The molecule has 21 heavy (non-hydrogen) atoms. The number of piperidine rings is 1. The molecule has 5 nitrogen and oxygen atoms in total. The third kappa shape index (κ3) is 3.12. The first-order valence-electron chi connectivity index (χ1n) is 8.17. The molecule has 1 aromatic heterocycles. The quantitative estimate of drug-likeness (QED) is 0.833. The van der Waals surface area contributed by atoms with Crippen molar-refractivity contribution >= 4 is 5.91 Å². The predicted molar refractivity (Wildman–Crippen MR) is 81.7 cm³/mol. The molecule has 0 aromatic carbocycles. The van der Waals surface area contributed by atoms with Gasteiger partial charge in [0.15, 0.2) is 0 Å². The smallest absolute Gasteiger partial charge is 0.239 e. The Kier molecular flexibility index (Phi) is 4.29. The van der Waals surface area contributed by atoms with Crippen molar-refractivity contribution < 1.29 is 4.79 Å². The summed E-state index contributed by atoms with van der Waals surface area (Å²) in [6, 6.07) is 0.00206. The molecule has 1 fully saturated rings. The minimum absolute atomic E-state index is 0.00206. The van der Waals surface area contributed by atoms with E-state index in [1.165, 1.54) is 12.8 Å². The zero-order valence-corrected chi connectivity index (χ0v) is 13.2. The summed E-state index contributed by atoms with van der Waals surface area (Å²) in [7, 11) is 0. The maximum Gasteiger partial charge on any atom is 0.239 e. The van der Waals surface area contributed by atoms with Gasteiger partial charge in [-0.3, -0.25) is 9.69 Å². The number of imidazole rings is 1. The molecule has 2 aliphatic rings. The minimum atomic E-state index is 0.00206. The molecular weight excluding hydrogens is 264 g/mol. The van der Waals surface area contributed by atoms with Crippen LogP contribution >= 0.6 is 0 Å². The summed E-state index contributed by atoms with van der Waals surface area (Å²) in [6.07, 6.45) is 7.28. The van der Waals surface area contributed by atoms with Crippen LogP contribution in [0.1, 0.15) is 38.8 Å². The van der Waals surface area contributed by atoms with E-state index < -0.39 is 0 Å². The molecule has 0 saturated carbocycles. The van der Waals surface area contributed by atoms with Crippen LogP contribution in [0.25, 0.3) is 0 Å². The van der Waals surface area contributed by atoms with E-state index in [9.17, 15) is 4.79 Å². The number of carbonyl (C=O) groups excluding carboxylic acids is 1. The third-order valence-corrected chi connectivity index (χ3v) is 4.88. The van der Waals surface area contributed by atoms with E-state index in [0.717, 1.165) is 38.3 Å². The lowest BCUT2D eigenvalue weighted by molar-refractivity contribution is -0.137. The van der Waals surface area contributed by atoms with Gasteiger partial charge in [-0.15, -0.1) is 0 Å². The van der Waals surface area contributed by atoms with Crippen molar-refractivity contribution in [3.8, 4) is 0 Å². The zero-order chi connectivity index (χ0) is 14.8. The molecule has 5 heteroatoms. The van der Waals surface area contributed by atoms with Gasteiger partial charge in [-0.05, 0) is 38.6 Å². The highest BCUT2D eigenvalue weighted by Gasteiger charge is 2.29. The van der Waals surface area contributed by atoms with E-state index in [1.54, 1.807) is 0 Å². The SMILES string of the molecule is C[C@@H]1CCCN([C@H](C)C(=O)N2CCCn3cncc3C2)C1. The first-order chi connectivity index (χ1) is 10.1. The highest BCUT2D eigenvalue weighted by molar-refractivity contribution is 5.81. The molecule has 1 saturated heterocycles. The number of aromatic nitrogens is 2. The molecule has 3 heterocycles. The Morgan fingerprint density at radius 1 is 1.33 bits per heavy atom. The third-order valence-electron chi connectivity index (χ3n) is 4.88. The van der Waals surface area contributed by atoms with Crippen LogP contribution in [0.3, 0.4) is 0 Å². The van der Waals surface area contributed by atoms with E-state index in [2.05, 4.69) is 28.3 Å². The van der Waals surface area contributed by atoms with E-state index in [-0.39, 0.29) is 11.9 Å². The normalized spacial score (nSPS) is 25.2. The fraction of sp³-hybridized carbons (Fsp3) is 0.750. The number of hydrogen-bond acceptors (Lipinski definition) is 3. The van der Waals surface area contributed by atoms with Crippen LogP contribution in [0.4, 0.5) is 0 Å². The van der Waals surface area contributed by atoms with Crippen molar-refractivity contribution in [2.45, 2.75) is 52.2 Å². The zero-order valence-electron chi connectivity index (χ0n) is 13.2. The van der Waals surface area contributed by atoms with Crippen molar-refractivity contribution in [3.05, 3.63) is 18.2 Å². The van der Waals surface area contributed by atoms with Crippen LogP contribution in [0.2, 0.25) is 0 Å². The number of aryl methyl sites for hydroxylation is 1. The van der Waals surface area contributed by atoms with Gasteiger partial charge in [0.1, 0.15) is 0 Å². The summed E-state index contributed by atoms with van der Waals surface area (Å²) in [6.45, 7) is 8.99. The topological polar surface area (TPSA) is 41.4 Å². The van der Waals surface area contributed by atoms with Gasteiger partial charge in [-0.2, -0.15) is 0 Å². The van der Waals surface area contributed by atoms with Crippen LogP contribution in [-0.2, 0) is 17.9 Å². The summed E-state index contributed by atoms with van der Waals surface area (Å²) in [5.41, 5.74) is 1.15. The van der Waals surface area contributed by atoms with Crippen LogP contribution in [0, 0.1) is 5.92 Å². The summed E-state index contributed by atoms with van der Waals surface area (Å²) in [5.74, 6) is 0.985. The number of amides is 1. The van der Waals surface area contributed by atoms with Crippen LogP contribution < -0.4 is 0 Å². The second kappa shape index (κ2) is 6.18. The molecule has 116 valence electrons. The van der Waals surface area contributed by atoms with Crippen LogP contribution in [0.5, 0.6) is 0 Å². The number of carbonyl (C=O) groups is 1. The Morgan fingerprint density at radius 2 is 2.19 bits per heavy atom. The molecule has 0 N–H and O–H groups in total. The van der Waals surface area contributed by atoms with E-state index in [0.29, 0.717) is 12.5 Å². The van der Waals surface area contributed by atoms with Crippen molar-refractivity contribution in [2.24, 2.45) is 5.92 Å². The highest BCUT2D eigenvalue weighted by Crippen LogP contribution is 2.20. The van der Waals surface area contributed by atoms with Gasteiger partial charge >= 0.3 is 0 Å². The Balaban J connectivity index is 1.67. The molecule has 3 rings (SSSR count). The Bertz CT molecular complexity index is 498. The molecule has 0 spiro atoms. The number of nitrogens with zero attached hydrogens (tertiary/aromatic N) is 4. The van der Waals surface area contributed by atoms with Gasteiger partial charge < -0.3 is 9.47 Å². The van der Waals surface area contributed by atoms with E-state index >= 15 is 0 Å². The Morgan fingerprint density at radius 3 is 3.00 bits per heavy atom. The molecule has 0 radical (unpaired) electrons. The van der Waals surface area contributed by atoms with E-state index in [4.69, 9.17) is 0 Å². The Hall–Kier alpha value is -1.36. The molecule has 0 bridgehead atoms. The first-order valence-corrected chi connectivity index (χ1v) is 8.17. The number of rotatable bonds is 2. The number of fused-ring (bicyclic) bond motifs is 1. The maximum atomic E-state index is 12.8. The molecule has 1 aromatic rings. The van der Waals surface area contributed by atoms with Crippen molar-refractivity contribution in [1.82, 2.24) is 19.4 Å². The average molecular weight is 290 g/mol. The molecule has 2 atom stereocenters. The van der Waals surface area contributed by atoms with Gasteiger partial charge in [0, 0.05) is 25.8 Å². The highest BCUT2D eigenvalue weighted by atomic mass is 16.2. The molecule has 1 amide bonds. The van der Waals surface area contributed by atoms with Gasteiger partial charge in [0.2, 0.25) is 5.91 Å². The molecule has 0 aliphatic carbocycles. The second-order valence-electron chi connectivity index (χ2n) is 6.61. The summed E-state index contributed by atoms with van der Waals surface area (Å²) in [4.78, 5) is 21.4. The lowest BCUT2D eigenvalue weighted by atomic mass is 9.98. The standard InChI is InChI=1S/C16H26N4O/c1-13-5-3-6-18(10-13)14(2)16(21)19-7-4-8-20-12-17-9-15(20)11-19/h9,12-14H,3-8,10-11H2,1-2H3/t13-,14-/m1/s1. The van der Waals surface area contributed by atoms with Crippen molar-refractivity contribution in [2.75, 3.05) is 19.6 Å². The number of hydrogen-bond donors (Lipinski definition) is 0. The van der Waals surface area contributed by atoms with Crippen LogP contribution in [-0.4, -0.2) is 50.9 Å². The minimum Gasteiger partial charge on any atom is -0.335 e. The molecule has 2 aliphatic heterocycles. The first kappa shape index (κ1) is 14.6. The maximum absolute atomic E-state index is 12.8. The second-order valence-corrected chi connectivity index (χ2v) is 6.61. The summed E-state index contributed by atoms with van der Waals surface area (Å²) < 4.78 is 2.17. The van der Waals surface area contributed by atoms with Crippen LogP contribution in [0.15, 0.2) is 12.5 Å². The van der Waals surface area contributed by atoms with Gasteiger partial charge in [0.25, 0.3) is 0 Å². The fourth-order valence-electron chi connectivity index (χ4n) is 3.57. The molecular formula is C16H26N4O. The number of likely N-dealkylation sites (tertiary alicyclic amines) is 1. The van der Waals surface area contributed by atoms with Gasteiger partial charge in [-0.25, -0.2) is 4.98 Å². The lowest BCUT2D eigenvalue weighted by Gasteiger charge is -2.36. The monoisotopic (exact) mass is 290 g/mol. The van der Waals surface area contributed by atoms with Crippen molar-refractivity contribution in [3.63, 3.8) is 0 Å². The van der Waals surface area contributed by atoms with Gasteiger partial charge in [0.05, 0.1) is 24.6 Å². The summed E-state index contributed by atoms with van der Waals surface area (Å²) >= 11 is 0. The largest absolute Gasteiger partial charge is 0.335 e.